The number of primary amides is 1. The number of aryl methyl sites for hydroxylation is 1. The number of benzene rings is 1. The second kappa shape index (κ2) is 7.39. The van der Waals surface area contributed by atoms with Gasteiger partial charge in [0, 0.05) is 31.9 Å². The first-order valence-corrected chi connectivity index (χ1v) is 9.80. The van der Waals surface area contributed by atoms with E-state index in [9.17, 15) is 9.59 Å². The largest absolute Gasteiger partial charge is 0.366 e. The van der Waals surface area contributed by atoms with Gasteiger partial charge in [0.1, 0.15) is 0 Å². The van der Waals surface area contributed by atoms with E-state index in [1.54, 1.807) is 0 Å². The van der Waals surface area contributed by atoms with Crippen molar-refractivity contribution in [2.24, 2.45) is 17.6 Å². The number of nitrogens with zero attached hydrogens (tertiary/aromatic N) is 4. The van der Waals surface area contributed by atoms with Crippen LogP contribution in [0.15, 0.2) is 36.7 Å². The predicted octanol–water partition coefficient (Wildman–Crippen LogP) is 2.10. The Morgan fingerprint density at radius 1 is 1.18 bits per heavy atom. The number of likely N-dealkylation sites (tertiary alicyclic amines) is 1. The third-order valence-electron chi connectivity index (χ3n) is 6.24. The van der Waals surface area contributed by atoms with Crippen molar-refractivity contribution in [2.45, 2.75) is 32.4 Å². The van der Waals surface area contributed by atoms with Crippen LogP contribution < -0.4 is 5.73 Å². The maximum atomic E-state index is 12.7. The highest BCUT2D eigenvalue weighted by Crippen LogP contribution is 2.40. The second-order valence-electron chi connectivity index (χ2n) is 8.27. The summed E-state index contributed by atoms with van der Waals surface area (Å²) in [5, 5.41) is 3.99. The lowest BCUT2D eigenvalue weighted by Gasteiger charge is -2.26. The first-order valence-electron chi connectivity index (χ1n) is 9.80. The Labute approximate surface area is 165 Å². The summed E-state index contributed by atoms with van der Waals surface area (Å²) in [6, 6.07) is 9.11. The molecule has 1 saturated carbocycles. The zero-order valence-electron chi connectivity index (χ0n) is 16.4. The van der Waals surface area contributed by atoms with Crippen molar-refractivity contribution in [3.05, 3.63) is 53.3 Å². The standard InChI is InChI=1S/C21H27N5O2/c1-14-3-5-15(6-4-14)10-24(2)19-7-16-11-25(12-17(16)8-19)21(28)26-13-18(9-23-26)20(22)27/h3-6,9,13,16-17,19H,7-8,10-12H2,1-2H3,(H2,22,27)/t16-,17+,19?. The Bertz CT molecular complexity index is 861. The molecule has 1 saturated heterocycles. The average molecular weight is 381 g/mol. The molecule has 2 aromatic rings. The number of carbonyl (C=O) groups excluding carboxylic acids is 2. The molecule has 2 heterocycles. The summed E-state index contributed by atoms with van der Waals surface area (Å²) >= 11 is 0. The van der Waals surface area contributed by atoms with Crippen LogP contribution in [0.3, 0.4) is 0 Å². The van der Waals surface area contributed by atoms with Crippen LogP contribution in [-0.2, 0) is 6.54 Å². The number of hydrogen-bond donors (Lipinski definition) is 1. The summed E-state index contributed by atoms with van der Waals surface area (Å²) in [6.07, 6.45) is 4.98. The summed E-state index contributed by atoms with van der Waals surface area (Å²) in [5.41, 5.74) is 8.12. The van der Waals surface area contributed by atoms with Crippen LogP contribution in [0.1, 0.15) is 34.3 Å². The molecule has 0 radical (unpaired) electrons. The number of aromatic nitrogens is 2. The number of fused-ring (bicyclic) bond motifs is 1. The van der Waals surface area contributed by atoms with Gasteiger partial charge in [-0.2, -0.15) is 9.78 Å². The minimum atomic E-state index is -0.572. The maximum absolute atomic E-state index is 12.7. The van der Waals surface area contributed by atoms with E-state index in [2.05, 4.69) is 48.2 Å². The molecule has 4 rings (SSSR count). The third-order valence-corrected chi connectivity index (χ3v) is 6.24. The molecule has 1 aliphatic carbocycles. The minimum Gasteiger partial charge on any atom is -0.366 e. The van der Waals surface area contributed by atoms with Gasteiger partial charge in [0.15, 0.2) is 0 Å². The fourth-order valence-corrected chi connectivity index (χ4v) is 4.59. The molecule has 2 amide bonds. The average Bonchev–Trinajstić information content (AvgIpc) is 3.37. The minimum absolute atomic E-state index is 0.175. The van der Waals surface area contributed by atoms with Gasteiger partial charge in [-0.05, 0) is 44.2 Å². The van der Waals surface area contributed by atoms with Crippen LogP contribution in [0.25, 0.3) is 0 Å². The molecule has 2 N–H and O–H groups in total. The smallest absolute Gasteiger partial charge is 0.344 e. The Hall–Kier alpha value is -2.67. The van der Waals surface area contributed by atoms with Crippen LogP contribution in [0.4, 0.5) is 4.79 Å². The van der Waals surface area contributed by atoms with Crippen molar-refractivity contribution in [3.8, 4) is 0 Å². The molecule has 1 aromatic carbocycles. The van der Waals surface area contributed by atoms with Gasteiger partial charge in [0.2, 0.25) is 0 Å². The molecule has 2 fully saturated rings. The fraction of sp³-hybridized carbons (Fsp3) is 0.476. The van der Waals surface area contributed by atoms with Crippen LogP contribution >= 0.6 is 0 Å². The van der Waals surface area contributed by atoms with Gasteiger partial charge in [-0.15, -0.1) is 0 Å². The lowest BCUT2D eigenvalue weighted by Crippen LogP contribution is -2.36. The Balaban J connectivity index is 1.33. The highest BCUT2D eigenvalue weighted by Gasteiger charge is 2.43. The number of rotatable bonds is 4. The maximum Gasteiger partial charge on any atom is 0.344 e. The summed E-state index contributed by atoms with van der Waals surface area (Å²) in [4.78, 5) is 28.2. The van der Waals surface area contributed by atoms with Gasteiger partial charge in [-0.3, -0.25) is 9.69 Å². The van der Waals surface area contributed by atoms with E-state index < -0.39 is 5.91 Å². The van der Waals surface area contributed by atoms with Crippen molar-refractivity contribution in [1.29, 1.82) is 0 Å². The van der Waals surface area contributed by atoms with E-state index >= 15 is 0 Å². The SMILES string of the molecule is Cc1ccc(CN(C)C2C[C@@H]3CN(C(=O)n4cc(C(N)=O)cn4)C[C@@H]3C2)cc1. The van der Waals surface area contributed by atoms with Crippen LogP contribution in [0.2, 0.25) is 0 Å². The van der Waals surface area contributed by atoms with Gasteiger partial charge in [-0.25, -0.2) is 4.79 Å². The van der Waals surface area contributed by atoms with Crippen molar-refractivity contribution >= 4 is 11.9 Å². The van der Waals surface area contributed by atoms with E-state index in [4.69, 9.17) is 5.73 Å². The summed E-state index contributed by atoms with van der Waals surface area (Å²) in [6.45, 7) is 4.57. The molecule has 28 heavy (non-hydrogen) atoms. The van der Waals surface area contributed by atoms with Crippen molar-refractivity contribution in [1.82, 2.24) is 19.6 Å². The quantitative estimate of drug-likeness (QED) is 0.879. The normalized spacial score (nSPS) is 24.0. The second-order valence-corrected chi connectivity index (χ2v) is 8.27. The Kier molecular flexibility index (Phi) is 4.93. The van der Waals surface area contributed by atoms with E-state index in [0.29, 0.717) is 17.9 Å². The molecule has 2 aliphatic rings. The van der Waals surface area contributed by atoms with Gasteiger partial charge >= 0.3 is 6.03 Å². The van der Waals surface area contributed by atoms with Crippen LogP contribution in [-0.4, -0.2) is 57.7 Å². The van der Waals surface area contributed by atoms with E-state index in [0.717, 1.165) is 32.5 Å². The van der Waals surface area contributed by atoms with Crippen LogP contribution in [0.5, 0.6) is 0 Å². The molecule has 1 aromatic heterocycles. The molecule has 1 aliphatic heterocycles. The highest BCUT2D eigenvalue weighted by atomic mass is 16.2. The molecular weight excluding hydrogens is 354 g/mol. The Morgan fingerprint density at radius 3 is 2.39 bits per heavy atom. The fourth-order valence-electron chi connectivity index (χ4n) is 4.59. The van der Waals surface area contributed by atoms with E-state index in [1.807, 2.05) is 4.90 Å². The third kappa shape index (κ3) is 3.67. The lowest BCUT2D eigenvalue weighted by molar-refractivity contribution is 0.100. The summed E-state index contributed by atoms with van der Waals surface area (Å²) < 4.78 is 1.22. The highest BCUT2D eigenvalue weighted by molar-refractivity contribution is 5.93. The molecule has 7 nitrogen and oxygen atoms in total. The van der Waals surface area contributed by atoms with Crippen molar-refractivity contribution < 1.29 is 9.59 Å². The number of carbonyl (C=O) groups is 2. The number of hydrogen-bond acceptors (Lipinski definition) is 4. The lowest BCUT2D eigenvalue weighted by atomic mass is 10.0. The van der Waals surface area contributed by atoms with Gasteiger partial charge in [0.05, 0.1) is 11.8 Å². The molecule has 0 bridgehead atoms. The van der Waals surface area contributed by atoms with Gasteiger partial charge in [-0.1, -0.05) is 29.8 Å². The summed E-state index contributed by atoms with van der Waals surface area (Å²) in [7, 11) is 2.20. The molecule has 3 atom stereocenters. The van der Waals surface area contributed by atoms with Crippen molar-refractivity contribution in [3.63, 3.8) is 0 Å². The number of nitrogens with two attached hydrogens (primary N) is 1. The van der Waals surface area contributed by atoms with E-state index in [-0.39, 0.29) is 11.6 Å². The van der Waals surface area contributed by atoms with E-state index in [1.165, 1.54) is 28.2 Å². The zero-order chi connectivity index (χ0) is 19.8. The zero-order valence-corrected chi connectivity index (χ0v) is 16.4. The van der Waals surface area contributed by atoms with Crippen molar-refractivity contribution in [2.75, 3.05) is 20.1 Å². The molecule has 1 unspecified atom stereocenters. The first-order chi connectivity index (χ1) is 13.4. The monoisotopic (exact) mass is 381 g/mol. The first kappa shape index (κ1) is 18.7. The number of amides is 2. The Morgan fingerprint density at radius 2 is 1.82 bits per heavy atom. The predicted molar refractivity (Wildman–Crippen MR) is 106 cm³/mol. The molecule has 148 valence electrons. The summed E-state index contributed by atoms with van der Waals surface area (Å²) in [5.74, 6) is 0.484. The molecule has 0 spiro atoms. The van der Waals surface area contributed by atoms with Gasteiger partial charge in [0.25, 0.3) is 5.91 Å². The molecule has 7 heteroatoms. The molecular formula is C21H27N5O2. The van der Waals surface area contributed by atoms with Crippen LogP contribution in [0, 0.1) is 18.8 Å². The topological polar surface area (TPSA) is 84.5 Å². The van der Waals surface area contributed by atoms with Gasteiger partial charge < -0.3 is 10.6 Å².